The summed E-state index contributed by atoms with van der Waals surface area (Å²) >= 11 is 1.22. The van der Waals surface area contributed by atoms with Crippen LogP contribution in [0.4, 0.5) is 0 Å². The largest absolute Gasteiger partial charge is 0.385 e. The van der Waals surface area contributed by atoms with Crippen LogP contribution in [0.3, 0.4) is 0 Å². The van der Waals surface area contributed by atoms with E-state index in [1.165, 1.54) is 11.8 Å². The summed E-state index contributed by atoms with van der Waals surface area (Å²) in [5.74, 6) is -1.11. The van der Waals surface area contributed by atoms with E-state index in [2.05, 4.69) is 9.97 Å². The van der Waals surface area contributed by atoms with E-state index in [4.69, 9.17) is 5.73 Å². The first kappa shape index (κ1) is 12.7. The molecule has 2 atom stereocenters. The van der Waals surface area contributed by atoms with Gasteiger partial charge in [0.2, 0.25) is 5.91 Å². The maximum atomic E-state index is 11.4. The van der Waals surface area contributed by atoms with E-state index in [-0.39, 0.29) is 5.56 Å². The second kappa shape index (κ2) is 5.10. The van der Waals surface area contributed by atoms with Gasteiger partial charge in [0.05, 0.1) is 5.56 Å². The molecule has 1 rings (SSSR count). The molecule has 5 N–H and O–H groups in total. The normalized spacial score (nSPS) is 14.4. The summed E-state index contributed by atoms with van der Waals surface area (Å²) < 4.78 is 0. The van der Waals surface area contributed by atoms with Gasteiger partial charge in [-0.3, -0.25) is 9.59 Å². The average molecular weight is 245 g/mol. The number of aromatic amines is 1. The van der Waals surface area contributed by atoms with Crippen molar-refractivity contribution in [2.24, 2.45) is 5.73 Å². The van der Waals surface area contributed by atoms with E-state index in [0.29, 0.717) is 5.16 Å². The molecule has 1 heterocycles. The molecule has 2 unspecified atom stereocenters. The van der Waals surface area contributed by atoms with E-state index in [0.717, 1.165) is 6.20 Å². The molecule has 88 valence electrons. The molecule has 16 heavy (non-hydrogen) atoms. The number of carbonyl (C=O) groups is 1. The van der Waals surface area contributed by atoms with Gasteiger partial charge in [0.15, 0.2) is 11.3 Å². The number of nitrogens with zero attached hydrogens (tertiary/aromatic N) is 1. The number of hydrogen-bond acceptors (Lipinski definition) is 6. The van der Waals surface area contributed by atoms with Crippen molar-refractivity contribution >= 4 is 17.7 Å². The predicted octanol–water partition coefficient (Wildman–Crippen LogP) is -1.63. The summed E-state index contributed by atoms with van der Waals surface area (Å²) in [5.41, 5.74) is 3.97. The third-order valence-corrected chi connectivity index (χ3v) is 2.50. The SMILES string of the molecule is CSc1ncc(C(O)C(O)C(N)=O)c(=O)[nH]1. The number of H-pyrrole nitrogens is 1. The number of aromatic nitrogens is 2. The molecule has 8 heteroatoms. The Bertz CT molecular complexity index is 447. The molecule has 0 aliphatic carbocycles. The third-order valence-electron chi connectivity index (χ3n) is 1.91. The van der Waals surface area contributed by atoms with Crippen LogP contribution in [0.1, 0.15) is 11.7 Å². The maximum absolute atomic E-state index is 11.4. The molecule has 1 aromatic heterocycles. The summed E-state index contributed by atoms with van der Waals surface area (Å²) in [6.45, 7) is 0. The van der Waals surface area contributed by atoms with Crippen molar-refractivity contribution in [3.8, 4) is 0 Å². The first-order chi connectivity index (χ1) is 7.47. The number of nitrogens with one attached hydrogen (secondary N) is 1. The minimum absolute atomic E-state index is 0.205. The van der Waals surface area contributed by atoms with Gasteiger partial charge in [0.1, 0.15) is 6.10 Å². The number of hydrogen-bond donors (Lipinski definition) is 4. The smallest absolute Gasteiger partial charge is 0.257 e. The lowest BCUT2D eigenvalue weighted by atomic mass is 10.1. The highest BCUT2D eigenvalue weighted by atomic mass is 32.2. The van der Waals surface area contributed by atoms with Gasteiger partial charge < -0.3 is 20.9 Å². The van der Waals surface area contributed by atoms with Crippen LogP contribution in [0.25, 0.3) is 0 Å². The van der Waals surface area contributed by atoms with Crippen molar-refractivity contribution in [3.05, 3.63) is 22.1 Å². The van der Waals surface area contributed by atoms with Crippen molar-refractivity contribution in [3.63, 3.8) is 0 Å². The van der Waals surface area contributed by atoms with Crippen molar-refractivity contribution in [2.75, 3.05) is 6.26 Å². The van der Waals surface area contributed by atoms with Crippen LogP contribution in [-0.2, 0) is 4.79 Å². The highest BCUT2D eigenvalue weighted by Gasteiger charge is 2.26. The zero-order chi connectivity index (χ0) is 12.3. The lowest BCUT2D eigenvalue weighted by Gasteiger charge is -2.13. The summed E-state index contributed by atoms with van der Waals surface area (Å²) in [6.07, 6.45) is -0.693. The van der Waals surface area contributed by atoms with Crippen LogP contribution in [-0.4, -0.2) is 38.4 Å². The number of aliphatic hydroxyl groups excluding tert-OH is 2. The fourth-order valence-electron chi connectivity index (χ4n) is 1.03. The molecule has 0 aliphatic heterocycles. The van der Waals surface area contributed by atoms with Crippen LogP contribution in [0, 0.1) is 0 Å². The lowest BCUT2D eigenvalue weighted by Crippen LogP contribution is -2.36. The zero-order valence-electron chi connectivity index (χ0n) is 8.38. The standard InChI is InChI=1S/C8H11N3O4S/c1-16-8-10-2-3(7(15)11-8)4(12)5(13)6(9)14/h2,4-5,12-13H,1H3,(H2,9,14)(H,10,11,15). The number of primary amides is 1. The molecule has 7 nitrogen and oxygen atoms in total. The number of carbonyl (C=O) groups excluding carboxylic acids is 1. The van der Waals surface area contributed by atoms with Crippen LogP contribution in [0.5, 0.6) is 0 Å². The van der Waals surface area contributed by atoms with E-state index in [1.54, 1.807) is 6.26 Å². The van der Waals surface area contributed by atoms with Gasteiger partial charge in [-0.25, -0.2) is 4.98 Å². The Hall–Kier alpha value is -1.38. The van der Waals surface area contributed by atoms with E-state index in [1.807, 2.05) is 0 Å². The van der Waals surface area contributed by atoms with Gasteiger partial charge in [0, 0.05) is 6.20 Å². The summed E-state index contributed by atoms with van der Waals surface area (Å²) in [4.78, 5) is 28.2. The summed E-state index contributed by atoms with van der Waals surface area (Å²) in [5, 5.41) is 19.0. The minimum Gasteiger partial charge on any atom is -0.385 e. The van der Waals surface area contributed by atoms with Crippen molar-refractivity contribution in [1.82, 2.24) is 9.97 Å². The van der Waals surface area contributed by atoms with Gasteiger partial charge in [0.25, 0.3) is 5.56 Å². The fraction of sp³-hybridized carbons (Fsp3) is 0.375. The number of amides is 1. The summed E-state index contributed by atoms with van der Waals surface area (Å²) in [7, 11) is 0. The van der Waals surface area contributed by atoms with Crippen LogP contribution >= 0.6 is 11.8 Å². The molecule has 0 fully saturated rings. The Morgan fingerprint density at radius 2 is 2.25 bits per heavy atom. The van der Waals surface area contributed by atoms with Crippen LogP contribution in [0.2, 0.25) is 0 Å². The fourth-order valence-corrected chi connectivity index (χ4v) is 1.38. The number of rotatable bonds is 4. The van der Waals surface area contributed by atoms with Gasteiger partial charge in [-0.2, -0.15) is 0 Å². The molecule has 0 radical (unpaired) electrons. The van der Waals surface area contributed by atoms with Gasteiger partial charge in [-0.1, -0.05) is 11.8 Å². The topological polar surface area (TPSA) is 129 Å². The van der Waals surface area contributed by atoms with Crippen molar-refractivity contribution in [2.45, 2.75) is 17.4 Å². The molecule has 0 aliphatic rings. The molecule has 1 amide bonds. The van der Waals surface area contributed by atoms with Gasteiger partial charge in [-0.05, 0) is 6.26 Å². The van der Waals surface area contributed by atoms with Crippen molar-refractivity contribution in [1.29, 1.82) is 0 Å². The first-order valence-electron chi connectivity index (χ1n) is 4.26. The monoisotopic (exact) mass is 245 g/mol. The molecule has 0 saturated heterocycles. The van der Waals surface area contributed by atoms with Crippen LogP contribution < -0.4 is 11.3 Å². The highest BCUT2D eigenvalue weighted by Crippen LogP contribution is 2.13. The Morgan fingerprint density at radius 3 is 2.69 bits per heavy atom. The van der Waals surface area contributed by atoms with E-state index in [9.17, 15) is 19.8 Å². The van der Waals surface area contributed by atoms with Crippen molar-refractivity contribution < 1.29 is 15.0 Å². The second-order valence-corrected chi connectivity index (χ2v) is 3.76. The quantitative estimate of drug-likeness (QED) is 0.372. The third kappa shape index (κ3) is 2.60. The second-order valence-electron chi connectivity index (χ2n) is 2.97. The Morgan fingerprint density at radius 1 is 1.62 bits per heavy atom. The summed E-state index contributed by atoms with van der Waals surface area (Å²) in [6, 6.07) is 0. The Kier molecular flexibility index (Phi) is 4.05. The molecular weight excluding hydrogens is 234 g/mol. The zero-order valence-corrected chi connectivity index (χ0v) is 9.19. The minimum atomic E-state index is -1.83. The number of nitrogens with two attached hydrogens (primary N) is 1. The molecule has 0 saturated carbocycles. The Balaban J connectivity index is 3.05. The lowest BCUT2D eigenvalue weighted by molar-refractivity contribution is -0.132. The number of aliphatic hydroxyl groups is 2. The van der Waals surface area contributed by atoms with E-state index >= 15 is 0 Å². The molecule has 0 spiro atoms. The molecule has 0 aromatic carbocycles. The van der Waals surface area contributed by atoms with Gasteiger partial charge >= 0.3 is 0 Å². The maximum Gasteiger partial charge on any atom is 0.257 e. The molecule has 0 bridgehead atoms. The molecule has 1 aromatic rings. The number of thioether (sulfide) groups is 1. The Labute approximate surface area is 94.7 Å². The predicted molar refractivity (Wildman–Crippen MR) is 56.8 cm³/mol. The van der Waals surface area contributed by atoms with Crippen LogP contribution in [0.15, 0.2) is 16.1 Å². The van der Waals surface area contributed by atoms with Gasteiger partial charge in [-0.15, -0.1) is 0 Å². The van der Waals surface area contributed by atoms with E-state index < -0.39 is 23.7 Å². The molecular formula is C8H11N3O4S. The highest BCUT2D eigenvalue weighted by molar-refractivity contribution is 7.98. The average Bonchev–Trinajstić information content (AvgIpc) is 2.26. The first-order valence-corrected chi connectivity index (χ1v) is 5.48.